The maximum Gasteiger partial charge on any atom is 0.472 e. The highest BCUT2D eigenvalue weighted by atomic mass is 31.2. The number of amides is 1. The van der Waals surface area contributed by atoms with Crippen molar-refractivity contribution in [2.45, 2.75) is 206 Å². The molecule has 9 nitrogen and oxygen atoms in total. The summed E-state index contributed by atoms with van der Waals surface area (Å²) in [5.74, 6) is -0.609. The molecular formula is C64H106N2O7P+. The second kappa shape index (κ2) is 52.3. The SMILES string of the molecule is CC\C=C/C=C/C=C/C=C\C=C\C=C\CCCCCC(=O)NC(COP(=O)(O)OCC[N+](C)(C)C)C(/C=C/CCCCCCCCCCCC)OC(=O)CCCCC/C=C\C/C=C\C/C=C\C/C=C\C/C=C\CC. The van der Waals surface area contributed by atoms with Crippen molar-refractivity contribution in [3.05, 3.63) is 146 Å². The van der Waals surface area contributed by atoms with Crippen LogP contribution >= 0.6 is 7.82 Å². The van der Waals surface area contributed by atoms with Crippen molar-refractivity contribution < 1.29 is 37.3 Å². The van der Waals surface area contributed by atoms with E-state index in [1.54, 1.807) is 0 Å². The zero-order chi connectivity index (χ0) is 54.3. The molecule has 0 spiro atoms. The van der Waals surface area contributed by atoms with Gasteiger partial charge in [-0.25, -0.2) is 4.57 Å². The highest BCUT2D eigenvalue weighted by molar-refractivity contribution is 7.47. The standard InChI is InChI=1S/C64H105N2O7P/c1-7-10-13-16-19-22-25-28-30-32-33-35-37-39-42-45-48-51-54-57-64(68)73-62(55-52-49-46-43-40-27-24-21-18-15-12-9-3)61(60-72-74(69,70)71-59-58-66(4,5)6)65-63(67)56-53-50-47-44-41-38-36-34-31-29-26-23-20-17-14-11-8-2/h10-11,13-14,17,19-20,22-23,26,28-31,33-36,38-39,41-42,52,55,61-62H,7-9,12,15-16,18,21,24-25,27,32,37,40,43-51,53-54,56-60H2,1-6H3,(H-,65,67,69,70)/p+1/b13-10-,14-11-,20-17+,22-19-,26-23+,30-28-,31-29-,35-33-,36-34+,41-38+,42-39-,55-52+. The highest BCUT2D eigenvalue weighted by Crippen LogP contribution is 2.43. The monoisotopic (exact) mass is 1050 g/mol. The van der Waals surface area contributed by atoms with Crippen LogP contribution in [0.1, 0.15) is 194 Å². The molecule has 0 aliphatic heterocycles. The minimum Gasteiger partial charge on any atom is -0.456 e. The van der Waals surface area contributed by atoms with Gasteiger partial charge in [0, 0.05) is 12.8 Å². The maximum atomic E-state index is 13.5. The molecule has 0 aromatic carbocycles. The molecule has 0 heterocycles. The van der Waals surface area contributed by atoms with Crippen LogP contribution in [-0.2, 0) is 27.9 Å². The number of phosphoric ester groups is 1. The summed E-state index contributed by atoms with van der Waals surface area (Å²) in [6, 6.07) is -0.896. The van der Waals surface area contributed by atoms with E-state index in [0.29, 0.717) is 23.9 Å². The number of likely N-dealkylation sites (N-methyl/N-ethyl adjacent to an activating group) is 1. The number of carbonyl (C=O) groups excluding carboxylic acids is 2. The summed E-state index contributed by atoms with van der Waals surface area (Å²) in [6.07, 6.45) is 75.6. The highest BCUT2D eigenvalue weighted by Gasteiger charge is 2.30. The molecule has 0 rings (SSSR count). The third kappa shape index (κ3) is 52.7. The fourth-order valence-corrected chi connectivity index (χ4v) is 8.03. The molecule has 0 saturated heterocycles. The molecule has 3 unspecified atom stereocenters. The summed E-state index contributed by atoms with van der Waals surface area (Å²) in [7, 11) is 1.42. The van der Waals surface area contributed by atoms with E-state index in [1.807, 2.05) is 94.1 Å². The van der Waals surface area contributed by atoms with Gasteiger partial charge in [0.25, 0.3) is 0 Å². The lowest BCUT2D eigenvalue weighted by molar-refractivity contribution is -0.870. The molecule has 0 aliphatic carbocycles. The first-order valence-electron chi connectivity index (χ1n) is 28.7. The van der Waals surface area contributed by atoms with E-state index in [9.17, 15) is 19.0 Å². The topological polar surface area (TPSA) is 111 Å². The molecule has 0 aromatic rings. The predicted octanol–water partition coefficient (Wildman–Crippen LogP) is 17.5. The largest absolute Gasteiger partial charge is 0.472 e. The molecule has 3 atom stereocenters. The predicted molar refractivity (Wildman–Crippen MR) is 318 cm³/mol. The minimum absolute atomic E-state index is 0.0162. The number of hydrogen-bond acceptors (Lipinski definition) is 6. The minimum atomic E-state index is -4.48. The van der Waals surface area contributed by atoms with Crippen LogP contribution in [0.25, 0.3) is 0 Å². The van der Waals surface area contributed by atoms with Crippen molar-refractivity contribution in [1.82, 2.24) is 5.32 Å². The lowest BCUT2D eigenvalue weighted by Crippen LogP contribution is -2.47. The summed E-state index contributed by atoms with van der Waals surface area (Å²) >= 11 is 0. The van der Waals surface area contributed by atoms with E-state index in [0.717, 1.165) is 96.3 Å². The first-order valence-corrected chi connectivity index (χ1v) is 30.2. The number of allylic oxidation sites excluding steroid dienone is 23. The van der Waals surface area contributed by atoms with Crippen LogP contribution in [0, 0.1) is 0 Å². The molecule has 0 saturated carbocycles. The zero-order valence-electron chi connectivity index (χ0n) is 47.5. The van der Waals surface area contributed by atoms with Crippen LogP contribution in [0.5, 0.6) is 0 Å². The fourth-order valence-electron chi connectivity index (χ4n) is 7.29. The van der Waals surface area contributed by atoms with Crippen molar-refractivity contribution in [2.24, 2.45) is 0 Å². The van der Waals surface area contributed by atoms with E-state index < -0.39 is 20.0 Å². The van der Waals surface area contributed by atoms with Crippen LogP contribution < -0.4 is 5.32 Å². The third-order valence-electron chi connectivity index (χ3n) is 11.7. The number of phosphoric acid groups is 1. The Morgan fingerprint density at radius 3 is 1.46 bits per heavy atom. The van der Waals surface area contributed by atoms with Crippen molar-refractivity contribution in [3.8, 4) is 0 Å². The number of nitrogens with zero attached hydrogens (tertiary/aromatic N) is 1. The van der Waals surface area contributed by atoms with Gasteiger partial charge in [0.2, 0.25) is 5.91 Å². The maximum absolute atomic E-state index is 13.5. The van der Waals surface area contributed by atoms with E-state index in [1.165, 1.54) is 51.4 Å². The summed E-state index contributed by atoms with van der Waals surface area (Å²) in [5, 5.41) is 3.01. The van der Waals surface area contributed by atoms with Gasteiger partial charge in [-0.1, -0.05) is 231 Å². The molecule has 0 radical (unpaired) electrons. The normalized spacial score (nSPS) is 14.9. The van der Waals surface area contributed by atoms with E-state index in [4.69, 9.17) is 13.8 Å². The molecule has 74 heavy (non-hydrogen) atoms. The summed E-state index contributed by atoms with van der Waals surface area (Å²) in [4.78, 5) is 37.6. The van der Waals surface area contributed by atoms with Gasteiger partial charge in [-0.15, -0.1) is 0 Å². The fraction of sp³-hybridized carbons (Fsp3) is 0.594. The van der Waals surface area contributed by atoms with Crippen molar-refractivity contribution in [2.75, 3.05) is 40.9 Å². The molecular weight excluding hydrogens is 940 g/mol. The molecule has 0 aromatic heterocycles. The molecule has 0 bridgehead atoms. The van der Waals surface area contributed by atoms with Gasteiger partial charge >= 0.3 is 13.8 Å². The van der Waals surface area contributed by atoms with E-state index in [-0.39, 0.29) is 37.9 Å². The number of carbonyl (C=O) groups is 2. The van der Waals surface area contributed by atoms with Crippen LogP contribution in [0.15, 0.2) is 146 Å². The summed E-state index contributed by atoms with van der Waals surface area (Å²) in [6.45, 7) is 6.65. The molecule has 1 amide bonds. The number of unbranched alkanes of at least 4 members (excludes halogenated alkanes) is 16. The number of rotatable bonds is 49. The Morgan fingerprint density at radius 2 is 0.932 bits per heavy atom. The lowest BCUT2D eigenvalue weighted by Gasteiger charge is -2.27. The Morgan fingerprint density at radius 1 is 0.500 bits per heavy atom. The smallest absolute Gasteiger partial charge is 0.456 e. The van der Waals surface area contributed by atoms with Gasteiger partial charge < -0.3 is 19.4 Å². The van der Waals surface area contributed by atoms with Crippen LogP contribution in [-0.4, -0.2) is 74.3 Å². The van der Waals surface area contributed by atoms with Crippen molar-refractivity contribution in [1.29, 1.82) is 0 Å². The first-order chi connectivity index (χ1) is 35.9. The lowest BCUT2D eigenvalue weighted by atomic mass is 10.1. The zero-order valence-corrected chi connectivity index (χ0v) is 48.4. The molecule has 10 heteroatoms. The van der Waals surface area contributed by atoms with Crippen LogP contribution in [0.2, 0.25) is 0 Å². The average molecular weight is 1050 g/mol. The molecule has 2 N–H and O–H groups in total. The van der Waals surface area contributed by atoms with E-state index >= 15 is 0 Å². The molecule has 0 aliphatic rings. The average Bonchev–Trinajstić information content (AvgIpc) is 3.36. The first kappa shape index (κ1) is 69.9. The van der Waals surface area contributed by atoms with Gasteiger partial charge in [0.1, 0.15) is 19.3 Å². The van der Waals surface area contributed by atoms with Crippen molar-refractivity contribution >= 4 is 19.7 Å². The van der Waals surface area contributed by atoms with Crippen LogP contribution in [0.3, 0.4) is 0 Å². The number of ether oxygens (including phenoxy) is 1. The van der Waals surface area contributed by atoms with Gasteiger partial charge in [0.15, 0.2) is 0 Å². The Bertz CT molecular complexity index is 1770. The summed E-state index contributed by atoms with van der Waals surface area (Å²) in [5.41, 5.74) is 0. The van der Waals surface area contributed by atoms with Gasteiger partial charge in [-0.3, -0.25) is 18.6 Å². The van der Waals surface area contributed by atoms with Crippen molar-refractivity contribution in [3.63, 3.8) is 0 Å². The van der Waals surface area contributed by atoms with Gasteiger partial charge in [0.05, 0.1) is 33.8 Å². The van der Waals surface area contributed by atoms with Crippen LogP contribution in [0.4, 0.5) is 0 Å². The number of nitrogens with one attached hydrogen (secondary N) is 1. The molecule has 0 fully saturated rings. The Labute approximate surface area is 453 Å². The third-order valence-corrected chi connectivity index (χ3v) is 12.7. The van der Waals surface area contributed by atoms with Gasteiger partial charge in [-0.2, -0.15) is 0 Å². The second-order valence-corrected chi connectivity index (χ2v) is 21.3. The number of quaternary nitrogens is 1. The van der Waals surface area contributed by atoms with Gasteiger partial charge in [-0.05, 0) is 96.0 Å². The second-order valence-electron chi connectivity index (χ2n) is 19.8. The molecule has 418 valence electrons. The van der Waals surface area contributed by atoms with E-state index in [2.05, 4.69) is 99.0 Å². The Hall–Kier alpha value is -4.11. The number of esters is 1. The quantitative estimate of drug-likeness (QED) is 0.0156. The number of hydrogen-bond donors (Lipinski definition) is 2. The Kier molecular flexibility index (Phi) is 49.4. The summed E-state index contributed by atoms with van der Waals surface area (Å²) < 4.78 is 30.6. The Balaban J connectivity index is 5.51.